The Bertz CT molecular complexity index is 459. The minimum atomic E-state index is 0. The lowest BCUT2D eigenvalue weighted by Gasteiger charge is -2.32. The van der Waals surface area contributed by atoms with Crippen LogP contribution in [0.5, 0.6) is 0 Å². The molecule has 1 aromatic heterocycles. The number of hydrogen-bond acceptors (Lipinski definition) is 3. The normalized spacial score (nSPS) is 15.9. The number of aromatic nitrogens is 1. The van der Waals surface area contributed by atoms with Crippen LogP contribution in [0, 0.1) is 0 Å². The second kappa shape index (κ2) is 8.78. The van der Waals surface area contributed by atoms with E-state index >= 15 is 0 Å². The fourth-order valence-electron chi connectivity index (χ4n) is 2.46. The number of amides is 1. The van der Waals surface area contributed by atoms with Gasteiger partial charge in [0.05, 0.1) is 6.10 Å². The van der Waals surface area contributed by atoms with E-state index in [0.717, 1.165) is 49.1 Å². The van der Waals surface area contributed by atoms with Crippen molar-refractivity contribution >= 4 is 34.2 Å². The van der Waals surface area contributed by atoms with Crippen LogP contribution in [-0.2, 0) is 11.8 Å². The van der Waals surface area contributed by atoms with E-state index < -0.39 is 0 Å². The Kier molecular flexibility index (Phi) is 7.73. The molecule has 1 aromatic rings. The van der Waals surface area contributed by atoms with Crippen LogP contribution in [0.2, 0.25) is 0 Å². The van der Waals surface area contributed by atoms with Crippen molar-refractivity contribution in [3.63, 3.8) is 0 Å². The molecule has 0 aliphatic carbocycles. The summed E-state index contributed by atoms with van der Waals surface area (Å²) in [6, 6.07) is 1.87. The van der Waals surface area contributed by atoms with Crippen molar-refractivity contribution in [1.29, 1.82) is 0 Å². The molecule has 2 N–H and O–H groups in total. The number of halogens is 2. The molecule has 21 heavy (non-hydrogen) atoms. The molecule has 1 aliphatic heterocycles. The van der Waals surface area contributed by atoms with Crippen LogP contribution in [0.15, 0.2) is 16.7 Å². The molecule has 1 amide bonds. The molecule has 1 aliphatic rings. The number of ether oxygens (including phenoxy) is 1. The molecule has 0 unspecified atom stereocenters. The summed E-state index contributed by atoms with van der Waals surface area (Å²) in [5.41, 5.74) is 6.17. The van der Waals surface area contributed by atoms with E-state index in [2.05, 4.69) is 15.9 Å². The average molecular weight is 381 g/mol. The second-order valence-electron chi connectivity index (χ2n) is 5.16. The first-order valence-electron chi connectivity index (χ1n) is 7.04. The first kappa shape index (κ1) is 18.5. The lowest BCUT2D eigenvalue weighted by atomic mass is 10.1. The average Bonchev–Trinajstić information content (AvgIpc) is 2.78. The molecule has 5 nitrogen and oxygen atoms in total. The van der Waals surface area contributed by atoms with Crippen LogP contribution in [-0.4, -0.2) is 47.7 Å². The second-order valence-corrected chi connectivity index (χ2v) is 6.07. The molecule has 0 saturated carbocycles. The number of likely N-dealkylation sites (tertiary alicyclic amines) is 1. The molecule has 120 valence electrons. The maximum Gasteiger partial charge on any atom is 0.270 e. The van der Waals surface area contributed by atoms with Gasteiger partial charge < -0.3 is 19.9 Å². The standard InChI is InChI=1S/C14H22BrN3O2.ClH/c1-17-10-11(15)9-13(17)14(19)18-6-3-12(4-7-18)20-8-2-5-16;/h9-10,12H,2-8,16H2,1H3;1H. The Labute approximate surface area is 140 Å². The summed E-state index contributed by atoms with van der Waals surface area (Å²) < 4.78 is 8.55. The van der Waals surface area contributed by atoms with E-state index in [1.165, 1.54) is 0 Å². The maximum atomic E-state index is 12.4. The molecule has 7 heteroatoms. The molecule has 2 rings (SSSR count). The molecule has 0 spiro atoms. The van der Waals surface area contributed by atoms with E-state index in [1.54, 1.807) is 0 Å². The molecule has 0 aromatic carbocycles. The Morgan fingerprint density at radius 2 is 2.14 bits per heavy atom. The Hall–Kier alpha value is -0.560. The number of hydrogen-bond donors (Lipinski definition) is 1. The topological polar surface area (TPSA) is 60.5 Å². The minimum absolute atomic E-state index is 0. The number of carbonyl (C=O) groups excluding carboxylic acids is 1. The summed E-state index contributed by atoms with van der Waals surface area (Å²) in [5.74, 6) is 0.0959. The van der Waals surface area contributed by atoms with E-state index in [-0.39, 0.29) is 24.4 Å². The molecular formula is C14H23BrClN3O2. The van der Waals surface area contributed by atoms with Gasteiger partial charge in [-0.3, -0.25) is 4.79 Å². The van der Waals surface area contributed by atoms with Crippen molar-refractivity contribution in [2.75, 3.05) is 26.2 Å². The number of carbonyl (C=O) groups is 1. The third kappa shape index (κ3) is 4.98. The molecule has 0 radical (unpaired) electrons. The third-order valence-corrected chi connectivity index (χ3v) is 4.06. The minimum Gasteiger partial charge on any atom is -0.378 e. The first-order chi connectivity index (χ1) is 9.61. The summed E-state index contributed by atoms with van der Waals surface area (Å²) in [5, 5.41) is 0. The molecular weight excluding hydrogens is 358 g/mol. The monoisotopic (exact) mass is 379 g/mol. The van der Waals surface area contributed by atoms with E-state index in [1.807, 2.05) is 28.8 Å². The van der Waals surface area contributed by atoms with Gasteiger partial charge in [-0.15, -0.1) is 12.4 Å². The van der Waals surface area contributed by atoms with Crippen molar-refractivity contribution in [2.45, 2.75) is 25.4 Å². The van der Waals surface area contributed by atoms with Crippen LogP contribution >= 0.6 is 28.3 Å². The lowest BCUT2D eigenvalue weighted by molar-refractivity contribution is 0.00820. The van der Waals surface area contributed by atoms with E-state index in [4.69, 9.17) is 10.5 Å². The summed E-state index contributed by atoms with van der Waals surface area (Å²) in [4.78, 5) is 14.3. The van der Waals surface area contributed by atoms with Crippen LogP contribution in [0.3, 0.4) is 0 Å². The zero-order chi connectivity index (χ0) is 14.5. The third-order valence-electron chi connectivity index (χ3n) is 3.62. The van der Waals surface area contributed by atoms with Gasteiger partial charge >= 0.3 is 0 Å². The van der Waals surface area contributed by atoms with Gasteiger partial charge in [-0.2, -0.15) is 0 Å². The maximum absolute atomic E-state index is 12.4. The summed E-state index contributed by atoms with van der Waals surface area (Å²) in [7, 11) is 1.89. The van der Waals surface area contributed by atoms with Gasteiger partial charge in [-0.1, -0.05) is 0 Å². The van der Waals surface area contributed by atoms with Gasteiger partial charge in [-0.25, -0.2) is 0 Å². The molecule has 1 fully saturated rings. The predicted molar refractivity (Wildman–Crippen MR) is 88.9 cm³/mol. The van der Waals surface area contributed by atoms with Crippen LogP contribution in [0.4, 0.5) is 0 Å². The molecule has 0 atom stereocenters. The quantitative estimate of drug-likeness (QED) is 0.797. The van der Waals surface area contributed by atoms with Gasteiger partial charge in [0.15, 0.2) is 0 Å². The van der Waals surface area contributed by atoms with Crippen LogP contribution in [0.25, 0.3) is 0 Å². The Balaban J connectivity index is 0.00000220. The number of nitrogens with two attached hydrogens (primary N) is 1. The zero-order valence-electron chi connectivity index (χ0n) is 12.3. The fourth-order valence-corrected chi connectivity index (χ4v) is 2.98. The number of piperidine rings is 1. The molecule has 0 bridgehead atoms. The van der Waals surface area contributed by atoms with Gasteiger partial charge in [0.1, 0.15) is 5.69 Å². The SMILES string of the molecule is Cl.Cn1cc(Br)cc1C(=O)N1CCC(OCCCN)CC1. The van der Waals surface area contributed by atoms with Crippen molar-refractivity contribution < 1.29 is 9.53 Å². The zero-order valence-corrected chi connectivity index (χ0v) is 14.7. The van der Waals surface area contributed by atoms with Crippen molar-refractivity contribution in [3.8, 4) is 0 Å². The highest BCUT2D eigenvalue weighted by Crippen LogP contribution is 2.19. The van der Waals surface area contributed by atoms with Crippen LogP contribution in [0.1, 0.15) is 29.8 Å². The number of rotatable bonds is 5. The smallest absolute Gasteiger partial charge is 0.270 e. The van der Waals surface area contributed by atoms with Crippen molar-refractivity contribution in [2.24, 2.45) is 12.8 Å². The van der Waals surface area contributed by atoms with E-state index in [9.17, 15) is 4.79 Å². The lowest BCUT2D eigenvalue weighted by Crippen LogP contribution is -2.41. The predicted octanol–water partition coefficient (Wildman–Crippen LogP) is 2.18. The summed E-state index contributed by atoms with van der Waals surface area (Å²) in [6.07, 6.45) is 4.88. The highest BCUT2D eigenvalue weighted by molar-refractivity contribution is 9.10. The molecule has 2 heterocycles. The fraction of sp³-hybridized carbons (Fsp3) is 0.643. The number of aryl methyl sites for hydroxylation is 1. The highest BCUT2D eigenvalue weighted by Gasteiger charge is 2.25. The van der Waals surface area contributed by atoms with Crippen molar-refractivity contribution in [3.05, 3.63) is 22.4 Å². The van der Waals surface area contributed by atoms with Gasteiger partial charge in [-0.05, 0) is 47.8 Å². The van der Waals surface area contributed by atoms with Crippen molar-refractivity contribution in [1.82, 2.24) is 9.47 Å². The van der Waals surface area contributed by atoms with Gasteiger partial charge in [0, 0.05) is 37.4 Å². The highest BCUT2D eigenvalue weighted by atomic mass is 79.9. The Morgan fingerprint density at radius 3 is 2.67 bits per heavy atom. The largest absolute Gasteiger partial charge is 0.378 e. The Morgan fingerprint density at radius 1 is 1.48 bits per heavy atom. The summed E-state index contributed by atoms with van der Waals surface area (Å²) in [6.45, 7) is 2.91. The van der Waals surface area contributed by atoms with Gasteiger partial charge in [0.25, 0.3) is 5.91 Å². The summed E-state index contributed by atoms with van der Waals surface area (Å²) >= 11 is 3.40. The molecule has 1 saturated heterocycles. The number of nitrogens with zero attached hydrogens (tertiary/aromatic N) is 2. The van der Waals surface area contributed by atoms with E-state index in [0.29, 0.717) is 6.54 Å². The van der Waals surface area contributed by atoms with Crippen LogP contribution < -0.4 is 5.73 Å². The van der Waals surface area contributed by atoms with Gasteiger partial charge in [0.2, 0.25) is 0 Å². The first-order valence-corrected chi connectivity index (χ1v) is 7.84.